The molecular weight excluding hydrogens is 220 g/mol. The molecule has 0 N–H and O–H groups in total. The van der Waals surface area contributed by atoms with Crippen molar-refractivity contribution in [1.82, 2.24) is 0 Å². The molecule has 94 valence electrons. The summed E-state index contributed by atoms with van der Waals surface area (Å²) in [5, 5.41) is 0. The van der Waals surface area contributed by atoms with E-state index in [4.69, 9.17) is 0 Å². The first-order valence-electron chi connectivity index (χ1n) is 6.45. The molecule has 0 heterocycles. The van der Waals surface area contributed by atoms with Crippen molar-refractivity contribution in [3.05, 3.63) is 59.2 Å². The van der Waals surface area contributed by atoms with Gasteiger partial charge in [0, 0.05) is 12.0 Å². The van der Waals surface area contributed by atoms with Crippen molar-refractivity contribution in [1.29, 1.82) is 0 Å². The molecule has 2 rings (SSSR count). The molecule has 1 aromatic rings. The Morgan fingerprint density at radius 3 is 2.67 bits per heavy atom. The molecule has 1 heteroatoms. The summed E-state index contributed by atoms with van der Waals surface area (Å²) in [6, 6.07) is 8.02. The van der Waals surface area contributed by atoms with Crippen LogP contribution in [0.25, 0.3) is 0 Å². The van der Waals surface area contributed by atoms with Crippen molar-refractivity contribution in [3.63, 3.8) is 0 Å². The summed E-state index contributed by atoms with van der Waals surface area (Å²) in [7, 11) is 0. The highest BCUT2D eigenvalue weighted by Gasteiger charge is 2.16. The third-order valence-corrected chi connectivity index (χ3v) is 3.29. The molecule has 1 aromatic carbocycles. The molecule has 0 aromatic heterocycles. The third-order valence-electron chi connectivity index (χ3n) is 3.29. The number of carbonyl (C=O) groups excluding carboxylic acids is 1. The Kier molecular flexibility index (Phi) is 3.51. The summed E-state index contributed by atoms with van der Waals surface area (Å²) in [4.78, 5) is 12.2. The van der Waals surface area contributed by atoms with Crippen molar-refractivity contribution < 1.29 is 4.79 Å². The first kappa shape index (κ1) is 12.8. The lowest BCUT2D eigenvalue weighted by molar-refractivity contribution is 0.0992. The summed E-state index contributed by atoms with van der Waals surface area (Å²) in [5.41, 5.74) is 3.34. The third kappa shape index (κ3) is 2.98. The van der Waals surface area contributed by atoms with Crippen molar-refractivity contribution in [2.24, 2.45) is 0 Å². The lowest BCUT2D eigenvalue weighted by Gasteiger charge is -2.19. The molecule has 0 atom stereocenters. The van der Waals surface area contributed by atoms with Crippen LogP contribution in [0.1, 0.15) is 49.5 Å². The average Bonchev–Trinajstić information content (AvgIpc) is 2.81. The van der Waals surface area contributed by atoms with Gasteiger partial charge in [0.05, 0.1) is 0 Å². The minimum atomic E-state index is 0.0878. The van der Waals surface area contributed by atoms with E-state index < -0.39 is 0 Å². The van der Waals surface area contributed by atoms with Gasteiger partial charge in [-0.25, -0.2) is 0 Å². The number of allylic oxidation sites excluding steroid dienone is 4. The van der Waals surface area contributed by atoms with Crippen LogP contribution >= 0.6 is 0 Å². The van der Waals surface area contributed by atoms with Crippen LogP contribution in [-0.4, -0.2) is 5.78 Å². The van der Waals surface area contributed by atoms with Gasteiger partial charge in [0.2, 0.25) is 0 Å². The van der Waals surface area contributed by atoms with E-state index in [0.29, 0.717) is 6.42 Å². The summed E-state index contributed by atoms with van der Waals surface area (Å²) < 4.78 is 0. The van der Waals surface area contributed by atoms with Gasteiger partial charge >= 0.3 is 0 Å². The van der Waals surface area contributed by atoms with Crippen LogP contribution in [0, 0.1) is 0 Å². The van der Waals surface area contributed by atoms with Crippen LogP contribution in [0.5, 0.6) is 0 Å². The lowest BCUT2D eigenvalue weighted by Crippen LogP contribution is -2.12. The molecule has 1 aliphatic carbocycles. The van der Waals surface area contributed by atoms with E-state index in [2.05, 4.69) is 32.9 Å². The Morgan fingerprint density at radius 1 is 1.28 bits per heavy atom. The van der Waals surface area contributed by atoms with E-state index in [1.165, 1.54) is 11.1 Å². The molecule has 1 aliphatic rings. The van der Waals surface area contributed by atoms with Gasteiger partial charge in [0.25, 0.3) is 0 Å². The Hall–Kier alpha value is -1.63. The van der Waals surface area contributed by atoms with Gasteiger partial charge in [0.1, 0.15) is 0 Å². The van der Waals surface area contributed by atoms with Crippen LogP contribution in [0.2, 0.25) is 0 Å². The van der Waals surface area contributed by atoms with Crippen molar-refractivity contribution >= 4 is 5.78 Å². The number of hydrogen-bond donors (Lipinski definition) is 0. The topological polar surface area (TPSA) is 17.1 Å². The molecule has 0 bridgehead atoms. The summed E-state index contributed by atoms with van der Waals surface area (Å²) in [6.07, 6.45) is 7.62. The number of benzene rings is 1. The predicted molar refractivity (Wildman–Crippen MR) is 75.9 cm³/mol. The molecule has 18 heavy (non-hydrogen) atoms. The SMILES string of the molecule is CC(C)(C)c1cccc(C(=O)CC2=CC=CC2)c1. The highest BCUT2D eigenvalue weighted by molar-refractivity contribution is 5.97. The van der Waals surface area contributed by atoms with Crippen molar-refractivity contribution in [2.75, 3.05) is 0 Å². The van der Waals surface area contributed by atoms with Crippen LogP contribution in [-0.2, 0) is 5.41 Å². The van der Waals surface area contributed by atoms with Gasteiger partial charge in [-0.2, -0.15) is 0 Å². The maximum atomic E-state index is 12.2. The Labute approximate surface area is 109 Å². The molecule has 0 aliphatic heterocycles. The van der Waals surface area contributed by atoms with E-state index in [-0.39, 0.29) is 11.2 Å². The Morgan fingerprint density at radius 2 is 2.06 bits per heavy atom. The van der Waals surface area contributed by atoms with Gasteiger partial charge in [-0.1, -0.05) is 62.8 Å². The summed E-state index contributed by atoms with van der Waals surface area (Å²) >= 11 is 0. The Balaban J connectivity index is 2.15. The molecule has 0 saturated carbocycles. The maximum Gasteiger partial charge on any atom is 0.166 e. The van der Waals surface area contributed by atoms with Gasteiger partial charge in [0.15, 0.2) is 5.78 Å². The highest BCUT2D eigenvalue weighted by atomic mass is 16.1. The van der Waals surface area contributed by atoms with E-state index in [0.717, 1.165) is 12.0 Å². The van der Waals surface area contributed by atoms with E-state index in [1.54, 1.807) is 0 Å². The number of hydrogen-bond acceptors (Lipinski definition) is 1. The zero-order chi connectivity index (χ0) is 13.2. The second kappa shape index (κ2) is 4.93. The lowest BCUT2D eigenvalue weighted by atomic mass is 9.85. The smallest absolute Gasteiger partial charge is 0.166 e. The largest absolute Gasteiger partial charge is 0.294 e. The minimum absolute atomic E-state index is 0.0878. The molecule has 1 nitrogen and oxygen atoms in total. The molecule has 0 spiro atoms. The number of Topliss-reactive ketones (excluding diaryl/α,β-unsaturated/α-hetero) is 1. The number of rotatable bonds is 3. The monoisotopic (exact) mass is 240 g/mol. The highest BCUT2D eigenvalue weighted by Crippen LogP contribution is 2.24. The zero-order valence-electron chi connectivity index (χ0n) is 11.4. The minimum Gasteiger partial charge on any atom is -0.294 e. The standard InChI is InChI=1S/C17H20O/c1-17(2,3)15-10-6-9-14(12-15)16(18)11-13-7-4-5-8-13/h4-7,9-10,12H,8,11H2,1-3H3. The van der Waals surface area contributed by atoms with Crippen LogP contribution in [0.15, 0.2) is 48.1 Å². The first-order valence-corrected chi connectivity index (χ1v) is 6.45. The molecule has 0 radical (unpaired) electrons. The van der Waals surface area contributed by atoms with Crippen molar-refractivity contribution in [2.45, 2.75) is 39.0 Å². The van der Waals surface area contributed by atoms with E-state index >= 15 is 0 Å². The predicted octanol–water partition coefficient (Wildman–Crippen LogP) is 4.44. The van der Waals surface area contributed by atoms with Crippen LogP contribution in [0.3, 0.4) is 0 Å². The second-order valence-corrected chi connectivity index (χ2v) is 5.89. The Bertz CT molecular complexity index is 513. The molecule has 0 saturated heterocycles. The summed E-state index contributed by atoms with van der Waals surface area (Å²) in [5.74, 6) is 0.219. The van der Waals surface area contributed by atoms with E-state index in [1.807, 2.05) is 30.4 Å². The van der Waals surface area contributed by atoms with Gasteiger partial charge in [-0.15, -0.1) is 0 Å². The normalized spacial score (nSPS) is 14.7. The summed E-state index contributed by atoms with van der Waals surface area (Å²) in [6.45, 7) is 6.50. The fraction of sp³-hybridized carbons (Fsp3) is 0.353. The fourth-order valence-corrected chi connectivity index (χ4v) is 2.09. The fourth-order valence-electron chi connectivity index (χ4n) is 2.09. The van der Waals surface area contributed by atoms with Crippen LogP contribution < -0.4 is 0 Å². The maximum absolute atomic E-state index is 12.2. The molecule has 0 unspecified atom stereocenters. The van der Waals surface area contributed by atoms with Crippen molar-refractivity contribution in [3.8, 4) is 0 Å². The van der Waals surface area contributed by atoms with E-state index in [9.17, 15) is 4.79 Å². The van der Waals surface area contributed by atoms with Gasteiger partial charge < -0.3 is 0 Å². The zero-order valence-corrected chi connectivity index (χ0v) is 11.4. The molecular formula is C17H20O. The van der Waals surface area contributed by atoms with Gasteiger partial charge in [-0.05, 0) is 23.5 Å². The second-order valence-electron chi connectivity index (χ2n) is 5.89. The molecule has 0 amide bonds. The van der Waals surface area contributed by atoms with Crippen LogP contribution in [0.4, 0.5) is 0 Å². The number of carbonyl (C=O) groups is 1. The number of ketones is 1. The average molecular weight is 240 g/mol. The van der Waals surface area contributed by atoms with Gasteiger partial charge in [-0.3, -0.25) is 4.79 Å². The first-order chi connectivity index (χ1) is 8.47. The quantitative estimate of drug-likeness (QED) is 0.714. The molecule has 0 fully saturated rings.